The van der Waals surface area contributed by atoms with Gasteiger partial charge in [-0.1, -0.05) is 32.4 Å². The molecule has 98 valence electrons. The molecule has 3 heterocycles. The summed E-state index contributed by atoms with van der Waals surface area (Å²) in [4.78, 5) is 15.4. The normalized spacial score (nSPS) is 12.2. The second-order valence-electron chi connectivity index (χ2n) is 5.31. The average Bonchev–Trinajstić information content (AvgIpc) is 2.93. The van der Waals surface area contributed by atoms with Crippen LogP contribution in [0, 0.1) is 0 Å². The zero-order valence-corrected chi connectivity index (χ0v) is 11.6. The van der Waals surface area contributed by atoms with Crippen molar-refractivity contribution in [2.24, 2.45) is 0 Å². The number of fused-ring (bicyclic) bond motifs is 1. The highest BCUT2D eigenvalue weighted by Crippen LogP contribution is 2.26. The van der Waals surface area contributed by atoms with Crippen molar-refractivity contribution in [2.75, 3.05) is 0 Å². The van der Waals surface area contributed by atoms with Crippen molar-refractivity contribution >= 4 is 22.8 Å². The van der Waals surface area contributed by atoms with Crippen molar-refractivity contribution in [2.45, 2.75) is 26.2 Å². The van der Waals surface area contributed by atoms with Crippen molar-refractivity contribution in [3.63, 3.8) is 0 Å². The maximum atomic E-state index is 6.26. The number of hydrogen-bond donors (Lipinski definition) is 1. The predicted octanol–water partition coefficient (Wildman–Crippen LogP) is 2.49. The monoisotopic (exact) mass is 276 g/mol. The van der Waals surface area contributed by atoms with Crippen LogP contribution >= 0.6 is 11.6 Å². The first-order valence-corrected chi connectivity index (χ1v) is 6.25. The number of imidazole rings is 1. The van der Waals surface area contributed by atoms with Crippen LogP contribution in [0.25, 0.3) is 17.0 Å². The molecule has 3 aromatic rings. The Labute approximate surface area is 114 Å². The van der Waals surface area contributed by atoms with Gasteiger partial charge in [0.25, 0.3) is 0 Å². The van der Waals surface area contributed by atoms with Gasteiger partial charge in [0.15, 0.2) is 11.5 Å². The highest BCUT2D eigenvalue weighted by atomic mass is 35.5. The SMILES string of the molecule is CC(C)(C)c1cc(Cl)n(-c2ncnc3nc[nH]c23)n1. The Hall–Kier alpha value is -1.95. The minimum absolute atomic E-state index is 0.0744. The van der Waals surface area contributed by atoms with Crippen molar-refractivity contribution < 1.29 is 0 Å². The minimum atomic E-state index is -0.0744. The molecular formula is C12H13ClN6. The van der Waals surface area contributed by atoms with E-state index in [4.69, 9.17) is 11.6 Å². The first-order valence-electron chi connectivity index (χ1n) is 5.87. The van der Waals surface area contributed by atoms with E-state index in [1.54, 1.807) is 11.0 Å². The molecule has 0 unspecified atom stereocenters. The molecule has 0 bridgehead atoms. The molecular weight excluding hydrogens is 264 g/mol. The van der Waals surface area contributed by atoms with Gasteiger partial charge < -0.3 is 4.98 Å². The van der Waals surface area contributed by atoms with E-state index >= 15 is 0 Å². The summed E-state index contributed by atoms with van der Waals surface area (Å²) < 4.78 is 1.60. The summed E-state index contributed by atoms with van der Waals surface area (Å²) in [5, 5.41) is 5.04. The summed E-state index contributed by atoms with van der Waals surface area (Å²) in [5.41, 5.74) is 2.14. The number of hydrogen-bond acceptors (Lipinski definition) is 4. The van der Waals surface area contributed by atoms with Crippen LogP contribution in [0.2, 0.25) is 5.15 Å². The number of aromatic nitrogens is 6. The maximum absolute atomic E-state index is 6.26. The summed E-state index contributed by atoms with van der Waals surface area (Å²) in [6.45, 7) is 6.26. The molecule has 0 fully saturated rings. The standard InChI is InChI=1S/C12H13ClN6/c1-12(2,3)7-4-8(13)19(18-7)11-9-10(15-5-14-9)16-6-17-11/h4-6H,1-3H3,(H,14,15,16,17). The number of halogens is 1. The molecule has 0 amide bonds. The van der Waals surface area contributed by atoms with Crippen LogP contribution in [0.3, 0.4) is 0 Å². The van der Waals surface area contributed by atoms with Crippen molar-refractivity contribution in [3.8, 4) is 5.82 Å². The van der Waals surface area contributed by atoms with Gasteiger partial charge in [-0.2, -0.15) is 5.10 Å². The Bertz CT molecular complexity index is 736. The van der Waals surface area contributed by atoms with E-state index < -0.39 is 0 Å². The van der Waals surface area contributed by atoms with Crippen LogP contribution in [-0.2, 0) is 5.41 Å². The van der Waals surface area contributed by atoms with Crippen LogP contribution in [0.5, 0.6) is 0 Å². The van der Waals surface area contributed by atoms with Gasteiger partial charge in [0.2, 0.25) is 0 Å². The van der Waals surface area contributed by atoms with Gasteiger partial charge in [0.05, 0.1) is 12.0 Å². The average molecular weight is 277 g/mol. The van der Waals surface area contributed by atoms with Crippen LogP contribution in [0.1, 0.15) is 26.5 Å². The predicted molar refractivity (Wildman–Crippen MR) is 72.5 cm³/mol. The number of nitrogens with one attached hydrogen (secondary N) is 1. The van der Waals surface area contributed by atoms with E-state index in [-0.39, 0.29) is 5.41 Å². The number of aromatic amines is 1. The molecule has 0 aliphatic carbocycles. The van der Waals surface area contributed by atoms with Crippen molar-refractivity contribution in [1.29, 1.82) is 0 Å². The van der Waals surface area contributed by atoms with E-state index in [0.717, 1.165) is 5.69 Å². The van der Waals surface area contributed by atoms with Gasteiger partial charge in [0, 0.05) is 5.41 Å². The molecule has 0 saturated heterocycles. The summed E-state index contributed by atoms with van der Waals surface area (Å²) in [6.07, 6.45) is 3.03. The van der Waals surface area contributed by atoms with E-state index in [1.807, 2.05) is 6.07 Å². The van der Waals surface area contributed by atoms with E-state index in [9.17, 15) is 0 Å². The summed E-state index contributed by atoms with van der Waals surface area (Å²) in [5.74, 6) is 0.600. The fourth-order valence-electron chi connectivity index (χ4n) is 1.79. The molecule has 0 aromatic carbocycles. The first-order chi connectivity index (χ1) is 8.97. The number of nitrogens with zero attached hydrogens (tertiary/aromatic N) is 5. The molecule has 6 nitrogen and oxygen atoms in total. The zero-order chi connectivity index (χ0) is 13.6. The van der Waals surface area contributed by atoms with Gasteiger partial charge in [-0.05, 0) is 6.07 Å². The molecule has 3 aromatic heterocycles. The van der Waals surface area contributed by atoms with E-state index in [0.29, 0.717) is 22.1 Å². The van der Waals surface area contributed by atoms with Gasteiger partial charge in [0.1, 0.15) is 17.0 Å². The third-order valence-electron chi connectivity index (χ3n) is 2.84. The van der Waals surface area contributed by atoms with E-state index in [2.05, 4.69) is 45.8 Å². The van der Waals surface area contributed by atoms with Crippen LogP contribution < -0.4 is 0 Å². The fraction of sp³-hybridized carbons (Fsp3) is 0.333. The van der Waals surface area contributed by atoms with Crippen LogP contribution in [-0.4, -0.2) is 29.7 Å². The lowest BCUT2D eigenvalue weighted by molar-refractivity contribution is 0.559. The molecule has 0 radical (unpaired) electrons. The second-order valence-corrected chi connectivity index (χ2v) is 5.70. The van der Waals surface area contributed by atoms with Gasteiger partial charge in [-0.15, -0.1) is 0 Å². The third-order valence-corrected chi connectivity index (χ3v) is 3.11. The molecule has 0 atom stereocenters. The van der Waals surface area contributed by atoms with Crippen molar-refractivity contribution in [3.05, 3.63) is 29.6 Å². The molecule has 19 heavy (non-hydrogen) atoms. The van der Waals surface area contributed by atoms with Crippen LogP contribution in [0.4, 0.5) is 0 Å². The lowest BCUT2D eigenvalue weighted by atomic mass is 9.93. The van der Waals surface area contributed by atoms with Crippen molar-refractivity contribution in [1.82, 2.24) is 29.7 Å². The summed E-state index contributed by atoms with van der Waals surface area (Å²) in [7, 11) is 0. The lowest BCUT2D eigenvalue weighted by Crippen LogP contribution is -2.13. The summed E-state index contributed by atoms with van der Waals surface area (Å²) >= 11 is 6.26. The van der Waals surface area contributed by atoms with Gasteiger partial charge in [-0.25, -0.2) is 19.6 Å². The largest absolute Gasteiger partial charge is 0.340 e. The fourth-order valence-corrected chi connectivity index (χ4v) is 2.01. The Kier molecular flexibility index (Phi) is 2.56. The Morgan fingerprint density at radius 2 is 2.00 bits per heavy atom. The molecule has 1 N–H and O–H groups in total. The van der Waals surface area contributed by atoms with Gasteiger partial charge >= 0.3 is 0 Å². The Morgan fingerprint density at radius 3 is 2.68 bits per heavy atom. The molecule has 0 aliphatic rings. The first kappa shape index (κ1) is 12.1. The lowest BCUT2D eigenvalue weighted by Gasteiger charge is -2.14. The number of H-pyrrole nitrogens is 1. The summed E-state index contributed by atoms with van der Waals surface area (Å²) in [6, 6.07) is 1.85. The molecule has 3 rings (SSSR count). The highest BCUT2D eigenvalue weighted by molar-refractivity contribution is 6.29. The molecule has 0 saturated carbocycles. The topological polar surface area (TPSA) is 72.3 Å². The highest BCUT2D eigenvalue weighted by Gasteiger charge is 2.21. The molecule has 0 spiro atoms. The van der Waals surface area contributed by atoms with E-state index in [1.165, 1.54) is 6.33 Å². The molecule has 7 heteroatoms. The zero-order valence-electron chi connectivity index (χ0n) is 10.8. The third kappa shape index (κ3) is 1.98. The second kappa shape index (κ2) is 4.03. The molecule has 0 aliphatic heterocycles. The van der Waals surface area contributed by atoms with Gasteiger partial charge in [-0.3, -0.25) is 0 Å². The Morgan fingerprint density at radius 1 is 1.21 bits per heavy atom. The smallest absolute Gasteiger partial charge is 0.184 e. The minimum Gasteiger partial charge on any atom is -0.340 e. The number of rotatable bonds is 1. The quantitative estimate of drug-likeness (QED) is 0.741. The Balaban J connectivity index is 2.22. The maximum Gasteiger partial charge on any atom is 0.184 e. The van der Waals surface area contributed by atoms with Crippen LogP contribution in [0.15, 0.2) is 18.7 Å².